The van der Waals surface area contributed by atoms with Crippen LogP contribution in [-0.2, 0) is 19.6 Å². The second kappa shape index (κ2) is 8.32. The van der Waals surface area contributed by atoms with Gasteiger partial charge < -0.3 is 10.6 Å². The van der Waals surface area contributed by atoms with Crippen LogP contribution in [0.5, 0.6) is 0 Å². The lowest BCUT2D eigenvalue weighted by Crippen LogP contribution is -2.45. The van der Waals surface area contributed by atoms with Gasteiger partial charge in [0.1, 0.15) is 0 Å². The van der Waals surface area contributed by atoms with E-state index in [4.69, 9.17) is 0 Å². The smallest absolute Gasteiger partial charge is 0.313 e. The number of amides is 2. The summed E-state index contributed by atoms with van der Waals surface area (Å²) >= 11 is 0. The average Bonchev–Trinajstić information content (AvgIpc) is 3.17. The molecule has 0 radical (unpaired) electrons. The van der Waals surface area contributed by atoms with Crippen LogP contribution in [0, 0.1) is 0 Å². The lowest BCUT2D eigenvalue weighted by Gasteiger charge is -2.24. The normalized spacial score (nSPS) is 17.4. The second-order valence-corrected chi connectivity index (χ2v) is 8.15. The first-order valence-electron chi connectivity index (χ1n) is 8.69. The molecule has 1 saturated heterocycles. The molecule has 7 nitrogen and oxygen atoms in total. The maximum Gasteiger partial charge on any atom is 0.313 e. The molecule has 0 saturated carbocycles. The summed E-state index contributed by atoms with van der Waals surface area (Å²) in [4.78, 5) is 24.2. The number of nitrogens with one attached hydrogen (secondary N) is 2. The van der Waals surface area contributed by atoms with Gasteiger partial charge in [0.2, 0.25) is 10.0 Å². The highest BCUT2D eigenvalue weighted by Crippen LogP contribution is 2.25. The zero-order chi connectivity index (χ0) is 19.3. The molecular formula is C19H21N3O4S. The lowest BCUT2D eigenvalue weighted by molar-refractivity contribution is -0.136. The number of hydrogen-bond acceptors (Lipinski definition) is 4. The summed E-state index contributed by atoms with van der Waals surface area (Å²) in [5.74, 6) is -1.57. The Morgan fingerprint density at radius 1 is 0.963 bits per heavy atom. The predicted octanol–water partition coefficient (Wildman–Crippen LogP) is 1.59. The van der Waals surface area contributed by atoms with E-state index in [-0.39, 0.29) is 17.5 Å². The van der Waals surface area contributed by atoms with Gasteiger partial charge in [-0.3, -0.25) is 9.59 Å². The van der Waals surface area contributed by atoms with Gasteiger partial charge in [-0.15, -0.1) is 0 Å². The van der Waals surface area contributed by atoms with Crippen molar-refractivity contribution in [1.82, 2.24) is 9.62 Å². The Morgan fingerprint density at radius 3 is 2.26 bits per heavy atom. The largest absolute Gasteiger partial charge is 0.346 e. The van der Waals surface area contributed by atoms with Gasteiger partial charge in [0.05, 0.1) is 4.90 Å². The van der Waals surface area contributed by atoms with E-state index in [2.05, 4.69) is 10.6 Å². The van der Waals surface area contributed by atoms with E-state index in [1.54, 1.807) is 60.7 Å². The van der Waals surface area contributed by atoms with E-state index in [1.165, 1.54) is 4.31 Å². The molecule has 0 spiro atoms. The van der Waals surface area contributed by atoms with Crippen LogP contribution < -0.4 is 10.6 Å². The van der Waals surface area contributed by atoms with Gasteiger partial charge in [0.15, 0.2) is 0 Å². The van der Waals surface area contributed by atoms with Crippen molar-refractivity contribution in [2.24, 2.45) is 0 Å². The van der Waals surface area contributed by atoms with Crippen molar-refractivity contribution in [3.05, 3.63) is 60.7 Å². The Hall–Kier alpha value is -2.71. The van der Waals surface area contributed by atoms with Crippen LogP contribution in [0.4, 0.5) is 5.69 Å². The molecule has 0 aromatic heterocycles. The van der Waals surface area contributed by atoms with Gasteiger partial charge in [-0.25, -0.2) is 8.42 Å². The standard InChI is InChI=1S/C19H21N3O4S/c23-18(19(24)21-15-8-3-1-4-9-15)20-14-16-10-7-13-22(16)27(25,26)17-11-5-2-6-12-17/h1-6,8-9,11-12,16H,7,10,13-14H2,(H,20,23)(H,21,24)/t16-/m1/s1. The predicted molar refractivity (Wildman–Crippen MR) is 101 cm³/mol. The van der Waals surface area contributed by atoms with Crippen molar-refractivity contribution in [3.63, 3.8) is 0 Å². The minimum Gasteiger partial charge on any atom is -0.346 e. The highest BCUT2D eigenvalue weighted by Gasteiger charge is 2.35. The fourth-order valence-electron chi connectivity index (χ4n) is 3.06. The van der Waals surface area contributed by atoms with Crippen molar-refractivity contribution >= 4 is 27.5 Å². The third-order valence-electron chi connectivity index (χ3n) is 4.41. The summed E-state index contributed by atoms with van der Waals surface area (Å²) < 4.78 is 27.0. The summed E-state index contributed by atoms with van der Waals surface area (Å²) in [5.41, 5.74) is 0.520. The van der Waals surface area contributed by atoms with Gasteiger partial charge >= 0.3 is 11.8 Å². The first-order valence-corrected chi connectivity index (χ1v) is 10.1. The topological polar surface area (TPSA) is 95.6 Å². The SMILES string of the molecule is O=C(NC[C@H]1CCCN1S(=O)(=O)c1ccccc1)C(=O)Nc1ccccc1. The molecule has 1 heterocycles. The molecule has 3 rings (SSSR count). The minimum absolute atomic E-state index is 0.0904. The third kappa shape index (κ3) is 4.53. The van der Waals surface area contributed by atoms with E-state index in [0.29, 0.717) is 25.1 Å². The third-order valence-corrected chi connectivity index (χ3v) is 6.38. The molecule has 0 bridgehead atoms. The molecule has 2 N–H and O–H groups in total. The van der Waals surface area contributed by atoms with Crippen molar-refractivity contribution in [3.8, 4) is 0 Å². The van der Waals surface area contributed by atoms with Crippen LogP contribution in [0.25, 0.3) is 0 Å². The Labute approximate surface area is 158 Å². The summed E-state index contributed by atoms with van der Waals surface area (Å²) in [6.07, 6.45) is 1.34. The van der Waals surface area contributed by atoms with Gasteiger partial charge in [-0.2, -0.15) is 4.31 Å². The molecular weight excluding hydrogens is 366 g/mol. The number of hydrogen-bond donors (Lipinski definition) is 2. The van der Waals surface area contributed by atoms with Crippen LogP contribution >= 0.6 is 0 Å². The number of rotatable bonds is 5. The van der Waals surface area contributed by atoms with Crippen molar-refractivity contribution in [2.75, 3.05) is 18.4 Å². The number of carbonyl (C=O) groups excluding carboxylic acids is 2. The summed E-state index contributed by atoms with van der Waals surface area (Å²) in [5, 5.41) is 5.04. The molecule has 0 aliphatic carbocycles. The molecule has 0 unspecified atom stereocenters. The molecule has 2 aromatic carbocycles. The monoisotopic (exact) mass is 387 g/mol. The molecule has 2 amide bonds. The first kappa shape index (κ1) is 19.1. The molecule has 8 heteroatoms. The molecule has 1 aliphatic heterocycles. The maximum atomic E-state index is 12.8. The highest BCUT2D eigenvalue weighted by molar-refractivity contribution is 7.89. The van der Waals surface area contributed by atoms with Crippen LogP contribution in [0.15, 0.2) is 65.6 Å². The summed E-state index contributed by atoms with van der Waals surface area (Å²) in [7, 11) is -3.62. The molecule has 1 fully saturated rings. The van der Waals surface area contributed by atoms with E-state index < -0.39 is 21.8 Å². The maximum absolute atomic E-state index is 12.8. The van der Waals surface area contributed by atoms with Crippen molar-refractivity contribution in [1.29, 1.82) is 0 Å². The highest BCUT2D eigenvalue weighted by atomic mass is 32.2. The second-order valence-electron chi connectivity index (χ2n) is 6.26. The van der Waals surface area contributed by atoms with E-state index in [9.17, 15) is 18.0 Å². The van der Waals surface area contributed by atoms with Gasteiger partial charge in [0.25, 0.3) is 0 Å². The van der Waals surface area contributed by atoms with E-state index in [1.807, 2.05) is 0 Å². The Bertz CT molecular complexity index is 901. The molecule has 142 valence electrons. The summed E-state index contributed by atoms with van der Waals surface area (Å²) in [6, 6.07) is 16.5. The number of nitrogens with zero attached hydrogens (tertiary/aromatic N) is 1. The average molecular weight is 387 g/mol. The van der Waals surface area contributed by atoms with Crippen LogP contribution in [0.2, 0.25) is 0 Å². The molecule has 1 atom stereocenters. The molecule has 1 aliphatic rings. The Balaban J connectivity index is 1.60. The number of sulfonamides is 1. The number of benzene rings is 2. The van der Waals surface area contributed by atoms with Crippen molar-refractivity contribution in [2.45, 2.75) is 23.8 Å². The van der Waals surface area contributed by atoms with Crippen LogP contribution in [-0.4, -0.2) is 43.7 Å². The first-order chi connectivity index (χ1) is 13.0. The fraction of sp³-hybridized carbons (Fsp3) is 0.263. The van der Waals surface area contributed by atoms with Gasteiger partial charge in [-0.05, 0) is 37.1 Å². The number of anilines is 1. The van der Waals surface area contributed by atoms with Gasteiger partial charge in [0, 0.05) is 24.8 Å². The van der Waals surface area contributed by atoms with Crippen LogP contribution in [0.3, 0.4) is 0 Å². The summed E-state index contributed by atoms with van der Waals surface area (Å²) in [6.45, 7) is 0.487. The Morgan fingerprint density at radius 2 is 1.59 bits per heavy atom. The zero-order valence-corrected chi connectivity index (χ0v) is 15.5. The minimum atomic E-state index is -3.62. The molecule has 2 aromatic rings. The van der Waals surface area contributed by atoms with E-state index >= 15 is 0 Å². The van der Waals surface area contributed by atoms with E-state index in [0.717, 1.165) is 0 Å². The zero-order valence-electron chi connectivity index (χ0n) is 14.7. The fourth-order valence-corrected chi connectivity index (χ4v) is 4.77. The van der Waals surface area contributed by atoms with Crippen LogP contribution in [0.1, 0.15) is 12.8 Å². The Kier molecular flexibility index (Phi) is 5.88. The van der Waals surface area contributed by atoms with Crippen molar-refractivity contribution < 1.29 is 18.0 Å². The molecule has 27 heavy (non-hydrogen) atoms. The lowest BCUT2D eigenvalue weighted by atomic mass is 10.2. The number of carbonyl (C=O) groups is 2. The quantitative estimate of drug-likeness (QED) is 0.762. The number of para-hydroxylation sites is 1. The van der Waals surface area contributed by atoms with Gasteiger partial charge in [-0.1, -0.05) is 36.4 Å².